The van der Waals surface area contributed by atoms with E-state index in [1.54, 1.807) is 6.92 Å². The van der Waals surface area contributed by atoms with Crippen LogP contribution in [0.25, 0.3) is 0 Å². The molecule has 3 N–H and O–H groups in total. The van der Waals surface area contributed by atoms with E-state index in [2.05, 4.69) is 39.8 Å². The van der Waals surface area contributed by atoms with Gasteiger partial charge < -0.3 is 29.5 Å². The molecule has 7 heteroatoms. The second-order valence-electron chi connectivity index (χ2n) is 10.7. The first-order chi connectivity index (χ1) is 16.4. The number of aryl methyl sites for hydroxylation is 1. The largest absolute Gasteiger partial charge is 0.504 e. The van der Waals surface area contributed by atoms with Crippen molar-refractivity contribution >= 4 is 5.97 Å². The van der Waals surface area contributed by atoms with Crippen molar-refractivity contribution in [3.05, 3.63) is 34.4 Å². The van der Waals surface area contributed by atoms with E-state index in [0.717, 1.165) is 36.8 Å². The molecule has 1 unspecified atom stereocenters. The third kappa shape index (κ3) is 6.01. The second kappa shape index (κ2) is 11.3. The van der Waals surface area contributed by atoms with Gasteiger partial charge in [-0.1, -0.05) is 31.6 Å². The number of aromatic hydroxyl groups is 1. The van der Waals surface area contributed by atoms with E-state index in [4.69, 9.17) is 14.2 Å². The van der Waals surface area contributed by atoms with Gasteiger partial charge >= 0.3 is 5.97 Å². The SMILES string of the molecule is CC(=O)O[C@@H]1[C@H](Oc2c(C)cc3c(c2O)[C@@H](C)CCC3[C@@H](C)CCC=C(C)C)O[C@@H](C)[C@H](O)[C@H]1O. The Balaban J connectivity index is 1.93. The maximum atomic E-state index is 11.6. The van der Waals surface area contributed by atoms with E-state index in [1.165, 1.54) is 18.1 Å². The van der Waals surface area contributed by atoms with Gasteiger partial charge in [0.2, 0.25) is 6.29 Å². The number of benzene rings is 1. The first-order valence-corrected chi connectivity index (χ1v) is 12.8. The first-order valence-electron chi connectivity index (χ1n) is 12.8. The lowest BCUT2D eigenvalue weighted by Gasteiger charge is -2.41. The number of phenols is 1. The van der Waals surface area contributed by atoms with Crippen molar-refractivity contribution in [3.63, 3.8) is 0 Å². The van der Waals surface area contributed by atoms with Crippen molar-refractivity contribution in [2.75, 3.05) is 0 Å². The summed E-state index contributed by atoms with van der Waals surface area (Å²) in [5.41, 5.74) is 4.13. The number of hydrogen-bond acceptors (Lipinski definition) is 7. The summed E-state index contributed by atoms with van der Waals surface area (Å²) in [4.78, 5) is 11.6. The minimum Gasteiger partial charge on any atom is -0.504 e. The van der Waals surface area contributed by atoms with E-state index >= 15 is 0 Å². The van der Waals surface area contributed by atoms with Gasteiger partial charge in [0, 0.05) is 12.5 Å². The van der Waals surface area contributed by atoms with Gasteiger partial charge in [-0.15, -0.1) is 0 Å². The average Bonchev–Trinajstić information content (AvgIpc) is 2.76. The van der Waals surface area contributed by atoms with Crippen molar-refractivity contribution in [1.82, 2.24) is 0 Å². The number of esters is 1. The van der Waals surface area contributed by atoms with Crippen molar-refractivity contribution in [3.8, 4) is 11.5 Å². The smallest absolute Gasteiger partial charge is 0.303 e. The fourth-order valence-corrected chi connectivity index (χ4v) is 5.48. The first kappa shape index (κ1) is 27.5. The van der Waals surface area contributed by atoms with Crippen molar-refractivity contribution in [2.24, 2.45) is 5.92 Å². The summed E-state index contributed by atoms with van der Waals surface area (Å²) in [5, 5.41) is 32.1. The Hall–Kier alpha value is -2.09. The Morgan fingerprint density at radius 2 is 1.89 bits per heavy atom. The molecule has 1 heterocycles. The molecule has 0 amide bonds. The van der Waals surface area contributed by atoms with Crippen LogP contribution in [0, 0.1) is 12.8 Å². The van der Waals surface area contributed by atoms with E-state index in [1.807, 2.05) is 6.92 Å². The Labute approximate surface area is 209 Å². The molecule has 1 aliphatic carbocycles. The van der Waals surface area contributed by atoms with Crippen LogP contribution in [-0.4, -0.2) is 52.0 Å². The molecule has 0 radical (unpaired) electrons. The molecular weight excluding hydrogens is 448 g/mol. The van der Waals surface area contributed by atoms with Gasteiger partial charge in [-0.3, -0.25) is 4.79 Å². The number of aliphatic hydroxyl groups is 2. The molecule has 1 aromatic rings. The zero-order valence-corrected chi connectivity index (χ0v) is 22.1. The standard InChI is InChI=1S/C28H42O7/c1-14(2)9-8-10-15(3)20-12-11-16(4)22-21(20)13-17(5)26(24(22)31)35-28-27(34-19(7)29)25(32)23(30)18(6)33-28/h9,13,15-16,18,20,23,25,27-28,30-32H,8,10-12H2,1-7H3/t15-,16-,18-,20?,23-,25+,27-,28-/m0/s1. The summed E-state index contributed by atoms with van der Waals surface area (Å²) in [6, 6.07) is 2.10. The number of aliphatic hydroxyl groups excluding tert-OH is 2. The summed E-state index contributed by atoms with van der Waals surface area (Å²) < 4.78 is 17.1. The highest BCUT2D eigenvalue weighted by Gasteiger charge is 2.47. The number of rotatable bonds is 7. The van der Waals surface area contributed by atoms with Crippen molar-refractivity contribution < 1.29 is 34.3 Å². The number of phenolic OH excluding ortho intramolecular Hbond substituents is 1. The number of carbonyl (C=O) groups excluding carboxylic acids is 1. The molecule has 196 valence electrons. The van der Waals surface area contributed by atoms with Gasteiger partial charge in [-0.05, 0) is 82.3 Å². The summed E-state index contributed by atoms with van der Waals surface area (Å²) in [7, 11) is 0. The molecular formula is C28H42O7. The van der Waals surface area contributed by atoms with Crippen LogP contribution in [0.5, 0.6) is 11.5 Å². The zero-order chi connectivity index (χ0) is 26.0. The molecule has 2 aliphatic rings. The van der Waals surface area contributed by atoms with Crippen LogP contribution in [0.4, 0.5) is 0 Å². The minimum absolute atomic E-state index is 0.0761. The zero-order valence-electron chi connectivity index (χ0n) is 22.1. The predicted octanol–water partition coefficient (Wildman–Crippen LogP) is 4.84. The molecule has 0 spiro atoms. The maximum Gasteiger partial charge on any atom is 0.303 e. The molecule has 1 fully saturated rings. The van der Waals surface area contributed by atoms with E-state index in [9.17, 15) is 20.1 Å². The number of hydrogen-bond donors (Lipinski definition) is 3. The lowest BCUT2D eigenvalue weighted by molar-refractivity contribution is -0.273. The van der Waals surface area contributed by atoms with Gasteiger partial charge in [0.05, 0.1) is 6.10 Å². The van der Waals surface area contributed by atoms with Crippen LogP contribution >= 0.6 is 0 Å². The third-order valence-electron chi connectivity index (χ3n) is 7.50. The fraction of sp³-hybridized carbons (Fsp3) is 0.679. The third-order valence-corrected chi connectivity index (χ3v) is 7.50. The maximum absolute atomic E-state index is 11.6. The minimum atomic E-state index is -1.38. The number of fused-ring (bicyclic) bond motifs is 1. The van der Waals surface area contributed by atoms with Crippen molar-refractivity contribution in [2.45, 2.75) is 117 Å². The van der Waals surface area contributed by atoms with Crippen molar-refractivity contribution in [1.29, 1.82) is 0 Å². The summed E-state index contributed by atoms with van der Waals surface area (Å²) in [5.74, 6) is 0.686. The highest BCUT2D eigenvalue weighted by molar-refractivity contribution is 5.66. The normalized spacial score (nSPS) is 31.3. The Morgan fingerprint density at radius 1 is 1.20 bits per heavy atom. The van der Waals surface area contributed by atoms with Crippen LogP contribution in [0.3, 0.4) is 0 Å². The molecule has 35 heavy (non-hydrogen) atoms. The molecule has 3 rings (SSSR count). The number of carbonyl (C=O) groups is 1. The summed E-state index contributed by atoms with van der Waals surface area (Å²) in [6.45, 7) is 13.3. The highest BCUT2D eigenvalue weighted by atomic mass is 16.7. The molecule has 7 nitrogen and oxygen atoms in total. The van der Waals surface area contributed by atoms with Gasteiger partial charge in [0.25, 0.3) is 0 Å². The lowest BCUT2D eigenvalue weighted by Crippen LogP contribution is -2.59. The van der Waals surface area contributed by atoms with Crippen LogP contribution in [0.15, 0.2) is 17.7 Å². The van der Waals surface area contributed by atoms with Crippen LogP contribution in [0.2, 0.25) is 0 Å². The summed E-state index contributed by atoms with van der Waals surface area (Å²) >= 11 is 0. The topological polar surface area (TPSA) is 105 Å². The average molecular weight is 491 g/mol. The Kier molecular flexibility index (Phi) is 8.89. The second-order valence-corrected chi connectivity index (χ2v) is 10.7. The van der Waals surface area contributed by atoms with Crippen LogP contribution < -0.4 is 4.74 Å². The van der Waals surface area contributed by atoms with Gasteiger partial charge in [-0.25, -0.2) is 0 Å². The number of allylic oxidation sites excluding steroid dienone is 2. The van der Waals surface area contributed by atoms with E-state index in [-0.39, 0.29) is 17.4 Å². The lowest BCUT2D eigenvalue weighted by atomic mass is 9.70. The van der Waals surface area contributed by atoms with E-state index < -0.39 is 36.7 Å². The van der Waals surface area contributed by atoms with Gasteiger partial charge in [0.1, 0.15) is 12.2 Å². The highest BCUT2D eigenvalue weighted by Crippen LogP contribution is 2.51. The quantitative estimate of drug-likeness (QED) is 0.371. The predicted molar refractivity (Wildman–Crippen MR) is 134 cm³/mol. The monoisotopic (exact) mass is 490 g/mol. The molecule has 1 saturated heterocycles. The Bertz CT molecular complexity index is 936. The summed E-state index contributed by atoms with van der Waals surface area (Å²) in [6.07, 6.45) is 0.694. The number of ether oxygens (including phenoxy) is 3. The van der Waals surface area contributed by atoms with Gasteiger partial charge in [-0.2, -0.15) is 0 Å². The molecule has 8 atom stereocenters. The molecule has 0 bridgehead atoms. The Morgan fingerprint density at radius 3 is 2.51 bits per heavy atom. The van der Waals surface area contributed by atoms with Crippen LogP contribution in [-0.2, 0) is 14.3 Å². The fourth-order valence-electron chi connectivity index (χ4n) is 5.48. The molecule has 1 aromatic carbocycles. The molecule has 0 saturated carbocycles. The van der Waals surface area contributed by atoms with Gasteiger partial charge in [0.15, 0.2) is 17.6 Å². The molecule has 0 aromatic heterocycles. The van der Waals surface area contributed by atoms with E-state index in [0.29, 0.717) is 11.8 Å². The molecule has 1 aliphatic heterocycles. The van der Waals surface area contributed by atoms with Crippen LogP contribution in [0.1, 0.15) is 95.8 Å².